The third kappa shape index (κ3) is 6.74. The van der Waals surface area contributed by atoms with Gasteiger partial charge in [0, 0.05) is 41.0 Å². The molecule has 3 N–H and O–H groups in total. The lowest BCUT2D eigenvalue weighted by Gasteiger charge is -2.26. The topological polar surface area (TPSA) is 117 Å². The summed E-state index contributed by atoms with van der Waals surface area (Å²) in [6, 6.07) is 14.8. The van der Waals surface area contributed by atoms with Crippen molar-refractivity contribution in [3.05, 3.63) is 88.2 Å². The van der Waals surface area contributed by atoms with Gasteiger partial charge in [0.25, 0.3) is 5.91 Å². The monoisotopic (exact) mass is 547 g/mol. The number of cyclic esters (lactones) is 1. The van der Waals surface area contributed by atoms with Gasteiger partial charge in [-0.05, 0) is 73.2 Å². The highest BCUT2D eigenvalue weighted by atomic mass is 35.5. The van der Waals surface area contributed by atoms with E-state index in [0.29, 0.717) is 42.3 Å². The molecule has 0 aliphatic carbocycles. The molecule has 1 atom stereocenters. The molecule has 39 heavy (non-hydrogen) atoms. The van der Waals surface area contributed by atoms with E-state index < -0.39 is 0 Å². The molecular formula is C29H30ClN5O4. The van der Waals surface area contributed by atoms with Crippen molar-refractivity contribution in [1.29, 1.82) is 5.41 Å². The molecule has 0 spiro atoms. The number of ether oxygens (including phenoxy) is 2. The van der Waals surface area contributed by atoms with Crippen LogP contribution < -0.4 is 15.5 Å². The molecule has 2 aromatic carbocycles. The summed E-state index contributed by atoms with van der Waals surface area (Å²) in [4.78, 5) is 30.5. The van der Waals surface area contributed by atoms with Crippen molar-refractivity contribution in [3.8, 4) is 0 Å². The van der Waals surface area contributed by atoms with Crippen molar-refractivity contribution < 1.29 is 19.1 Å². The zero-order valence-electron chi connectivity index (χ0n) is 21.4. The Morgan fingerprint density at radius 2 is 1.92 bits per heavy atom. The fourth-order valence-corrected chi connectivity index (χ4v) is 4.82. The maximum atomic E-state index is 12.9. The SMILES string of the molecule is N=C(CNC(=O)c1cncc(Cc2ccc(N3CCOC3=O)cc2)c1)c1cc(Cl)ccc1NC1CCCCO1. The smallest absolute Gasteiger partial charge is 0.414 e. The van der Waals surface area contributed by atoms with Crippen LogP contribution in [0.15, 0.2) is 60.9 Å². The zero-order chi connectivity index (χ0) is 27.2. The molecule has 9 nitrogen and oxygen atoms in total. The van der Waals surface area contributed by atoms with Gasteiger partial charge in [-0.3, -0.25) is 14.7 Å². The van der Waals surface area contributed by atoms with Crippen molar-refractivity contribution in [1.82, 2.24) is 10.3 Å². The van der Waals surface area contributed by atoms with Crippen LogP contribution in [0.2, 0.25) is 5.02 Å². The summed E-state index contributed by atoms with van der Waals surface area (Å²) >= 11 is 6.22. The number of rotatable bonds is 9. The number of pyridine rings is 1. The van der Waals surface area contributed by atoms with Gasteiger partial charge < -0.3 is 25.5 Å². The van der Waals surface area contributed by atoms with Crippen LogP contribution in [-0.4, -0.2) is 55.2 Å². The minimum atomic E-state index is -0.333. The summed E-state index contributed by atoms with van der Waals surface area (Å²) < 4.78 is 10.8. The molecule has 2 aliphatic heterocycles. The molecule has 10 heteroatoms. The molecule has 0 radical (unpaired) electrons. The zero-order valence-corrected chi connectivity index (χ0v) is 22.2. The van der Waals surface area contributed by atoms with Gasteiger partial charge in [-0.25, -0.2) is 4.79 Å². The number of carbonyl (C=O) groups excluding carboxylic acids is 2. The molecule has 1 unspecified atom stereocenters. The van der Waals surface area contributed by atoms with E-state index in [2.05, 4.69) is 15.6 Å². The van der Waals surface area contributed by atoms with E-state index in [-0.39, 0.29) is 30.5 Å². The van der Waals surface area contributed by atoms with E-state index in [1.54, 1.807) is 29.3 Å². The number of hydrogen-bond donors (Lipinski definition) is 3. The minimum absolute atomic E-state index is 0.0317. The Morgan fingerprint density at radius 3 is 2.67 bits per heavy atom. The number of nitrogens with one attached hydrogen (secondary N) is 3. The second kappa shape index (κ2) is 12.3. The van der Waals surface area contributed by atoms with Crippen LogP contribution in [0, 0.1) is 5.41 Å². The summed E-state index contributed by atoms with van der Waals surface area (Å²) in [5.41, 5.74) is 4.71. The first kappa shape index (κ1) is 26.6. The standard InChI is InChI=1S/C29H30ClN5O4/c30-22-6-9-26(34-27-3-1-2-11-38-27)24(15-22)25(31)18-33-28(36)21-14-20(16-32-17-21)13-19-4-7-23(8-5-19)35-10-12-39-29(35)37/h4-9,14-17,27,31,34H,1-3,10-13,18H2,(H,33,36). The molecule has 3 heterocycles. The van der Waals surface area contributed by atoms with Crippen LogP contribution in [-0.2, 0) is 15.9 Å². The predicted octanol–water partition coefficient (Wildman–Crippen LogP) is 5.02. The van der Waals surface area contributed by atoms with Crippen LogP contribution in [0.1, 0.15) is 46.3 Å². The van der Waals surface area contributed by atoms with Crippen molar-refractivity contribution in [3.63, 3.8) is 0 Å². The number of nitrogens with zero attached hydrogens (tertiary/aromatic N) is 2. The fraction of sp³-hybridized carbons (Fsp3) is 0.310. The van der Waals surface area contributed by atoms with E-state index in [1.165, 1.54) is 6.20 Å². The maximum Gasteiger partial charge on any atom is 0.414 e. The Morgan fingerprint density at radius 1 is 1.08 bits per heavy atom. The second-order valence-corrected chi connectivity index (χ2v) is 9.98. The predicted molar refractivity (Wildman–Crippen MR) is 150 cm³/mol. The molecule has 2 amide bonds. The Kier molecular flexibility index (Phi) is 8.39. The van der Waals surface area contributed by atoms with Crippen LogP contribution in [0.5, 0.6) is 0 Å². The molecule has 2 aliphatic rings. The summed E-state index contributed by atoms with van der Waals surface area (Å²) in [5.74, 6) is -0.316. The molecule has 2 saturated heterocycles. The van der Waals surface area contributed by atoms with Crippen LogP contribution in [0.25, 0.3) is 0 Å². The molecule has 2 fully saturated rings. The normalized spacial score (nSPS) is 17.0. The lowest BCUT2D eigenvalue weighted by molar-refractivity contribution is 0.0343. The average Bonchev–Trinajstić information content (AvgIpc) is 3.39. The van der Waals surface area contributed by atoms with Crippen molar-refractivity contribution in [2.24, 2.45) is 0 Å². The molecule has 0 bridgehead atoms. The van der Waals surface area contributed by atoms with Gasteiger partial charge in [-0.15, -0.1) is 0 Å². The first-order valence-corrected chi connectivity index (χ1v) is 13.3. The Bertz CT molecular complexity index is 1360. The largest absolute Gasteiger partial charge is 0.447 e. The molecule has 3 aromatic rings. The van der Waals surface area contributed by atoms with Crippen LogP contribution in [0.4, 0.5) is 16.2 Å². The van der Waals surface area contributed by atoms with E-state index in [4.69, 9.17) is 26.5 Å². The van der Waals surface area contributed by atoms with Gasteiger partial charge in [0.1, 0.15) is 12.8 Å². The first-order chi connectivity index (χ1) is 19.0. The van der Waals surface area contributed by atoms with E-state index >= 15 is 0 Å². The van der Waals surface area contributed by atoms with Gasteiger partial charge in [0.2, 0.25) is 0 Å². The molecule has 0 saturated carbocycles. The number of benzene rings is 2. The number of aromatic nitrogens is 1. The third-order valence-corrected chi connectivity index (χ3v) is 6.94. The summed E-state index contributed by atoms with van der Waals surface area (Å²) in [6.07, 6.45) is 6.40. The average molecular weight is 548 g/mol. The van der Waals surface area contributed by atoms with Crippen LogP contribution >= 0.6 is 11.6 Å². The van der Waals surface area contributed by atoms with Crippen molar-refractivity contribution in [2.45, 2.75) is 31.9 Å². The summed E-state index contributed by atoms with van der Waals surface area (Å²) in [7, 11) is 0. The summed E-state index contributed by atoms with van der Waals surface area (Å²) in [6.45, 7) is 1.68. The number of amides is 2. The van der Waals surface area contributed by atoms with Crippen molar-refractivity contribution in [2.75, 3.05) is 36.5 Å². The van der Waals surface area contributed by atoms with Crippen LogP contribution in [0.3, 0.4) is 0 Å². The third-order valence-electron chi connectivity index (χ3n) is 6.70. The lowest BCUT2D eigenvalue weighted by Crippen LogP contribution is -2.31. The fourth-order valence-electron chi connectivity index (χ4n) is 4.65. The number of anilines is 2. The number of carbonyl (C=O) groups is 2. The molecule has 202 valence electrons. The number of halogens is 1. The summed E-state index contributed by atoms with van der Waals surface area (Å²) in [5, 5.41) is 15.3. The number of hydrogen-bond acceptors (Lipinski definition) is 7. The van der Waals surface area contributed by atoms with Crippen molar-refractivity contribution >= 4 is 40.7 Å². The highest BCUT2D eigenvalue weighted by Gasteiger charge is 2.23. The Hall–Kier alpha value is -3.95. The Labute approximate surface area is 232 Å². The highest BCUT2D eigenvalue weighted by molar-refractivity contribution is 6.31. The Balaban J connectivity index is 1.20. The lowest BCUT2D eigenvalue weighted by atomic mass is 10.0. The van der Waals surface area contributed by atoms with E-state index in [9.17, 15) is 9.59 Å². The van der Waals surface area contributed by atoms with E-state index in [1.807, 2.05) is 30.3 Å². The van der Waals surface area contributed by atoms with Gasteiger partial charge in [-0.1, -0.05) is 23.7 Å². The molecule has 5 rings (SSSR count). The minimum Gasteiger partial charge on any atom is -0.447 e. The van der Waals surface area contributed by atoms with Gasteiger partial charge in [-0.2, -0.15) is 0 Å². The van der Waals surface area contributed by atoms with Gasteiger partial charge in [0.05, 0.1) is 24.4 Å². The first-order valence-electron chi connectivity index (χ1n) is 13.0. The van der Waals surface area contributed by atoms with Gasteiger partial charge in [0.15, 0.2) is 0 Å². The van der Waals surface area contributed by atoms with E-state index in [0.717, 1.165) is 41.8 Å². The molecule has 1 aromatic heterocycles. The highest BCUT2D eigenvalue weighted by Crippen LogP contribution is 2.25. The van der Waals surface area contributed by atoms with Gasteiger partial charge >= 0.3 is 6.09 Å². The quantitative estimate of drug-likeness (QED) is 0.324. The molecular weight excluding hydrogens is 518 g/mol. The second-order valence-electron chi connectivity index (χ2n) is 9.54. The maximum absolute atomic E-state index is 12.9.